The molecule has 2 unspecified atom stereocenters. The molecule has 0 radical (unpaired) electrons. The van der Waals surface area contributed by atoms with E-state index in [1.807, 2.05) is 12.1 Å². The van der Waals surface area contributed by atoms with Gasteiger partial charge in [0.15, 0.2) is 0 Å². The molecule has 84 valence electrons. The number of rotatable bonds is 4. The Morgan fingerprint density at radius 2 is 1.93 bits per heavy atom. The molecule has 0 amide bonds. The molecule has 2 atom stereocenters. The zero-order chi connectivity index (χ0) is 11.4. The third-order valence-electron chi connectivity index (χ3n) is 2.43. The highest BCUT2D eigenvalue weighted by Crippen LogP contribution is 2.27. The van der Waals surface area contributed by atoms with E-state index in [9.17, 15) is 0 Å². The van der Waals surface area contributed by atoms with E-state index in [1.54, 1.807) is 6.07 Å². The van der Waals surface area contributed by atoms with Crippen LogP contribution in [0.1, 0.15) is 24.9 Å². The molecule has 4 heteroatoms. The fraction of sp³-hybridized carbons (Fsp3) is 0.455. The summed E-state index contributed by atoms with van der Waals surface area (Å²) in [6.07, 6.45) is 0.856. The molecule has 0 saturated heterocycles. The Morgan fingerprint density at radius 1 is 1.27 bits per heavy atom. The van der Waals surface area contributed by atoms with E-state index in [4.69, 9.17) is 34.7 Å². The largest absolute Gasteiger partial charge is 0.330 e. The fourth-order valence-corrected chi connectivity index (χ4v) is 1.72. The molecule has 2 nitrogen and oxygen atoms in total. The van der Waals surface area contributed by atoms with E-state index >= 15 is 0 Å². The van der Waals surface area contributed by atoms with E-state index in [-0.39, 0.29) is 6.04 Å². The molecule has 0 aliphatic rings. The molecule has 0 heterocycles. The Labute approximate surface area is 101 Å². The summed E-state index contributed by atoms with van der Waals surface area (Å²) in [6, 6.07) is 5.46. The van der Waals surface area contributed by atoms with Gasteiger partial charge in [0.25, 0.3) is 0 Å². The first-order chi connectivity index (χ1) is 7.04. The normalized spacial score (nSPS) is 15.0. The Kier molecular flexibility index (Phi) is 4.87. The molecule has 0 aliphatic carbocycles. The lowest BCUT2D eigenvalue weighted by Gasteiger charge is -2.16. The highest BCUT2D eigenvalue weighted by atomic mass is 35.5. The van der Waals surface area contributed by atoms with Crippen LogP contribution in [0.4, 0.5) is 0 Å². The van der Waals surface area contributed by atoms with Crippen LogP contribution >= 0.6 is 23.2 Å². The van der Waals surface area contributed by atoms with E-state index in [1.165, 1.54) is 0 Å². The molecule has 4 N–H and O–H groups in total. The van der Waals surface area contributed by atoms with Gasteiger partial charge in [-0.1, -0.05) is 36.2 Å². The molecule has 0 aromatic heterocycles. The van der Waals surface area contributed by atoms with Crippen molar-refractivity contribution < 1.29 is 0 Å². The predicted octanol–water partition coefficient (Wildman–Crippen LogP) is 2.98. The summed E-state index contributed by atoms with van der Waals surface area (Å²) >= 11 is 11.7. The van der Waals surface area contributed by atoms with Crippen LogP contribution in [-0.2, 0) is 0 Å². The number of hydrogen-bond donors (Lipinski definition) is 2. The van der Waals surface area contributed by atoms with Crippen molar-refractivity contribution in [3.05, 3.63) is 33.8 Å². The summed E-state index contributed by atoms with van der Waals surface area (Å²) in [5.74, 6) is 0.412. The van der Waals surface area contributed by atoms with Crippen molar-refractivity contribution in [2.24, 2.45) is 17.4 Å². The van der Waals surface area contributed by atoms with Gasteiger partial charge in [-0.15, -0.1) is 0 Å². The van der Waals surface area contributed by atoms with Crippen LogP contribution in [0.2, 0.25) is 10.0 Å². The maximum absolute atomic E-state index is 6.03. The van der Waals surface area contributed by atoms with Crippen LogP contribution in [0.15, 0.2) is 18.2 Å². The topological polar surface area (TPSA) is 52.0 Å². The van der Waals surface area contributed by atoms with Gasteiger partial charge in [-0.3, -0.25) is 0 Å². The molecule has 15 heavy (non-hydrogen) atoms. The van der Waals surface area contributed by atoms with Gasteiger partial charge < -0.3 is 11.5 Å². The van der Waals surface area contributed by atoms with Gasteiger partial charge in [-0.05, 0) is 36.6 Å². The predicted molar refractivity (Wildman–Crippen MR) is 66.2 cm³/mol. The average Bonchev–Trinajstić information content (AvgIpc) is 2.21. The lowest BCUT2D eigenvalue weighted by atomic mass is 9.97. The Balaban J connectivity index is 2.73. The minimum atomic E-state index is -0.0293. The van der Waals surface area contributed by atoms with Gasteiger partial charge in [-0.2, -0.15) is 0 Å². The lowest BCUT2D eigenvalue weighted by Crippen LogP contribution is -2.19. The molecule has 0 fully saturated rings. The quantitative estimate of drug-likeness (QED) is 0.859. The molecular weight excluding hydrogens is 231 g/mol. The first-order valence-electron chi connectivity index (χ1n) is 4.95. The minimum Gasteiger partial charge on any atom is -0.330 e. The van der Waals surface area contributed by atoms with Crippen molar-refractivity contribution in [1.29, 1.82) is 0 Å². The maximum Gasteiger partial charge on any atom is 0.0595 e. The lowest BCUT2D eigenvalue weighted by molar-refractivity contribution is 0.482. The molecule has 0 saturated carbocycles. The van der Waals surface area contributed by atoms with Gasteiger partial charge in [0, 0.05) is 6.04 Å². The smallest absolute Gasteiger partial charge is 0.0595 e. The molecule has 1 aromatic rings. The Hall–Kier alpha value is -0.280. The van der Waals surface area contributed by atoms with E-state index in [0.29, 0.717) is 22.5 Å². The molecule has 0 aliphatic heterocycles. The number of benzene rings is 1. The third-order valence-corrected chi connectivity index (χ3v) is 3.17. The second-order valence-electron chi connectivity index (χ2n) is 3.86. The summed E-state index contributed by atoms with van der Waals surface area (Å²) in [5.41, 5.74) is 12.6. The SMILES string of the molecule is CC(CN)CC(N)c1ccc(Cl)c(Cl)c1. The molecule has 1 aromatic carbocycles. The molecule has 0 spiro atoms. The van der Waals surface area contributed by atoms with Gasteiger partial charge >= 0.3 is 0 Å². The highest BCUT2D eigenvalue weighted by molar-refractivity contribution is 6.42. The van der Waals surface area contributed by atoms with Crippen molar-refractivity contribution >= 4 is 23.2 Å². The number of nitrogens with two attached hydrogens (primary N) is 2. The number of hydrogen-bond acceptors (Lipinski definition) is 2. The summed E-state index contributed by atoms with van der Waals surface area (Å²) in [6.45, 7) is 2.73. The van der Waals surface area contributed by atoms with Crippen molar-refractivity contribution in [3.8, 4) is 0 Å². The van der Waals surface area contributed by atoms with Crippen LogP contribution in [0.25, 0.3) is 0 Å². The Bertz CT molecular complexity index is 328. The second kappa shape index (κ2) is 5.71. The van der Waals surface area contributed by atoms with Crippen LogP contribution in [0.5, 0.6) is 0 Å². The Morgan fingerprint density at radius 3 is 2.47 bits per heavy atom. The standard InChI is InChI=1S/C11H16Cl2N2/c1-7(6-14)4-11(15)8-2-3-9(12)10(13)5-8/h2-3,5,7,11H,4,6,14-15H2,1H3. The van der Waals surface area contributed by atoms with Crippen LogP contribution < -0.4 is 11.5 Å². The van der Waals surface area contributed by atoms with Crippen LogP contribution in [-0.4, -0.2) is 6.54 Å². The zero-order valence-corrected chi connectivity index (χ0v) is 10.2. The van der Waals surface area contributed by atoms with Gasteiger partial charge in [0.1, 0.15) is 0 Å². The second-order valence-corrected chi connectivity index (χ2v) is 4.67. The summed E-state index contributed by atoms with van der Waals surface area (Å²) < 4.78 is 0. The zero-order valence-electron chi connectivity index (χ0n) is 8.71. The van der Waals surface area contributed by atoms with E-state index < -0.39 is 0 Å². The third kappa shape index (κ3) is 3.65. The monoisotopic (exact) mass is 246 g/mol. The summed E-state index contributed by atoms with van der Waals surface area (Å²) in [7, 11) is 0. The number of halogens is 2. The average molecular weight is 247 g/mol. The first kappa shape index (κ1) is 12.8. The van der Waals surface area contributed by atoms with Crippen molar-refractivity contribution in [2.75, 3.05) is 6.54 Å². The minimum absolute atomic E-state index is 0.0293. The van der Waals surface area contributed by atoms with E-state index in [0.717, 1.165) is 12.0 Å². The highest BCUT2D eigenvalue weighted by Gasteiger charge is 2.11. The van der Waals surface area contributed by atoms with E-state index in [2.05, 4.69) is 6.92 Å². The van der Waals surface area contributed by atoms with Crippen molar-refractivity contribution in [2.45, 2.75) is 19.4 Å². The van der Waals surface area contributed by atoms with Crippen molar-refractivity contribution in [1.82, 2.24) is 0 Å². The summed E-state index contributed by atoms with van der Waals surface area (Å²) in [5, 5.41) is 1.10. The maximum atomic E-state index is 6.03. The van der Waals surface area contributed by atoms with Gasteiger partial charge in [0.2, 0.25) is 0 Å². The van der Waals surface area contributed by atoms with Crippen molar-refractivity contribution in [3.63, 3.8) is 0 Å². The molecule has 1 rings (SSSR count). The van der Waals surface area contributed by atoms with Gasteiger partial charge in [0.05, 0.1) is 10.0 Å². The molecule has 0 bridgehead atoms. The van der Waals surface area contributed by atoms with Crippen LogP contribution in [0, 0.1) is 5.92 Å². The van der Waals surface area contributed by atoms with Gasteiger partial charge in [-0.25, -0.2) is 0 Å². The first-order valence-corrected chi connectivity index (χ1v) is 5.70. The fourth-order valence-electron chi connectivity index (χ4n) is 1.41. The van der Waals surface area contributed by atoms with Crippen LogP contribution in [0.3, 0.4) is 0 Å². The summed E-state index contributed by atoms with van der Waals surface area (Å²) in [4.78, 5) is 0. The molecular formula is C11H16Cl2N2.